The number of fused-ring (bicyclic) bond motifs is 1. The zero-order chi connectivity index (χ0) is 19.1. The number of hydrogen-bond acceptors (Lipinski definition) is 6. The summed E-state index contributed by atoms with van der Waals surface area (Å²) in [6.07, 6.45) is 7.85. The van der Waals surface area contributed by atoms with Gasteiger partial charge in [0, 0.05) is 28.5 Å². The molecule has 0 bridgehead atoms. The van der Waals surface area contributed by atoms with E-state index in [1.165, 1.54) is 0 Å². The summed E-state index contributed by atoms with van der Waals surface area (Å²) in [4.78, 5) is 8.87. The molecule has 4 aromatic rings. The van der Waals surface area contributed by atoms with Crippen molar-refractivity contribution in [2.45, 2.75) is 18.9 Å². The van der Waals surface area contributed by atoms with Crippen LogP contribution in [0, 0.1) is 0 Å². The van der Waals surface area contributed by atoms with Crippen molar-refractivity contribution < 1.29 is 4.42 Å². The van der Waals surface area contributed by atoms with Gasteiger partial charge in [-0.3, -0.25) is 4.68 Å². The quantitative estimate of drug-likeness (QED) is 0.501. The Bertz CT molecular complexity index is 1150. The fraction of sp³-hybridized carbons (Fsp3) is 0.250. The summed E-state index contributed by atoms with van der Waals surface area (Å²) in [5, 5.41) is 8.55. The first kappa shape index (κ1) is 19.7. The number of nitrogen functional groups attached to an aromatic ring is 1. The molecule has 29 heavy (non-hydrogen) atoms. The van der Waals surface area contributed by atoms with E-state index in [1.807, 2.05) is 16.9 Å². The molecule has 0 radical (unpaired) electrons. The molecule has 4 heterocycles. The van der Waals surface area contributed by atoms with Gasteiger partial charge < -0.3 is 15.5 Å². The minimum absolute atomic E-state index is 0. The summed E-state index contributed by atoms with van der Waals surface area (Å²) in [6.45, 7) is 2.05. The van der Waals surface area contributed by atoms with Crippen LogP contribution in [0.4, 0.5) is 5.82 Å². The van der Waals surface area contributed by atoms with Crippen LogP contribution in [0.25, 0.3) is 33.7 Å². The standard InChI is InChI=1S/C20H19ClN6O.ClH/c21-14-1-2-18-17(8-14)26-20(28-18)16-7-12(9-24-19(16)22)13-10-25-27(11-13)15-3-5-23-6-4-15;/h1-2,7-11,15,23H,3-6H2,(H2,22,24);1H. The van der Waals surface area contributed by atoms with Gasteiger partial charge in [0.25, 0.3) is 0 Å². The van der Waals surface area contributed by atoms with Crippen molar-refractivity contribution in [1.29, 1.82) is 0 Å². The van der Waals surface area contributed by atoms with E-state index >= 15 is 0 Å². The van der Waals surface area contributed by atoms with Crippen molar-refractivity contribution in [3.63, 3.8) is 0 Å². The summed E-state index contributed by atoms with van der Waals surface area (Å²) < 4.78 is 7.91. The van der Waals surface area contributed by atoms with E-state index in [2.05, 4.69) is 26.6 Å². The van der Waals surface area contributed by atoms with Crippen molar-refractivity contribution in [3.8, 4) is 22.6 Å². The molecule has 0 amide bonds. The molecule has 0 saturated carbocycles. The molecule has 1 saturated heterocycles. The first-order valence-corrected chi connectivity index (χ1v) is 9.62. The van der Waals surface area contributed by atoms with Crippen molar-refractivity contribution in [1.82, 2.24) is 25.1 Å². The lowest BCUT2D eigenvalue weighted by molar-refractivity contribution is 0.343. The number of oxazole rings is 1. The number of piperidine rings is 1. The summed E-state index contributed by atoms with van der Waals surface area (Å²) in [7, 11) is 0. The third kappa shape index (κ3) is 3.81. The third-order valence-electron chi connectivity index (χ3n) is 5.12. The second-order valence-electron chi connectivity index (χ2n) is 6.98. The summed E-state index contributed by atoms with van der Waals surface area (Å²) in [5.41, 5.74) is 10.0. The summed E-state index contributed by atoms with van der Waals surface area (Å²) >= 11 is 6.04. The van der Waals surface area contributed by atoms with Gasteiger partial charge in [-0.2, -0.15) is 5.10 Å². The zero-order valence-corrected chi connectivity index (χ0v) is 17.1. The van der Waals surface area contributed by atoms with Gasteiger partial charge in [-0.1, -0.05) is 11.6 Å². The fourth-order valence-corrected chi connectivity index (χ4v) is 3.74. The van der Waals surface area contributed by atoms with Crippen molar-refractivity contribution in [2.24, 2.45) is 0 Å². The molecule has 3 N–H and O–H groups in total. The largest absolute Gasteiger partial charge is 0.436 e. The highest BCUT2D eigenvalue weighted by Gasteiger charge is 2.18. The lowest BCUT2D eigenvalue weighted by Crippen LogP contribution is -2.29. The van der Waals surface area contributed by atoms with Gasteiger partial charge in [0.05, 0.1) is 17.8 Å². The molecular weight excluding hydrogens is 411 g/mol. The Morgan fingerprint density at radius 2 is 1.97 bits per heavy atom. The maximum absolute atomic E-state index is 6.11. The van der Waals surface area contributed by atoms with Crippen LogP contribution in [0.15, 0.2) is 47.3 Å². The molecule has 150 valence electrons. The number of rotatable bonds is 3. The Hall–Kier alpha value is -2.61. The van der Waals surface area contributed by atoms with E-state index in [0.717, 1.165) is 37.1 Å². The number of nitrogens with two attached hydrogens (primary N) is 1. The molecular formula is C20H20Cl2N6O. The van der Waals surface area contributed by atoms with Gasteiger partial charge in [0.1, 0.15) is 11.3 Å². The minimum atomic E-state index is 0. The Morgan fingerprint density at radius 3 is 2.79 bits per heavy atom. The van der Waals surface area contributed by atoms with Crippen LogP contribution < -0.4 is 11.1 Å². The number of anilines is 1. The second-order valence-corrected chi connectivity index (χ2v) is 7.41. The Balaban J connectivity index is 0.00000205. The zero-order valence-electron chi connectivity index (χ0n) is 15.5. The maximum Gasteiger partial charge on any atom is 0.231 e. The predicted octanol–water partition coefficient (Wildman–Crippen LogP) is 4.34. The SMILES string of the molecule is Cl.Nc1ncc(-c2cnn(C3CCNCC3)c2)cc1-c1nc2cc(Cl)ccc2o1. The van der Waals surface area contributed by atoms with Gasteiger partial charge in [-0.15, -0.1) is 12.4 Å². The van der Waals surface area contributed by atoms with Crippen LogP contribution in [0.2, 0.25) is 5.02 Å². The van der Waals surface area contributed by atoms with Crippen LogP contribution in [-0.4, -0.2) is 32.8 Å². The van der Waals surface area contributed by atoms with Crippen LogP contribution in [-0.2, 0) is 0 Å². The Kier molecular flexibility index (Phi) is 5.45. The van der Waals surface area contributed by atoms with E-state index in [4.69, 9.17) is 21.8 Å². The van der Waals surface area contributed by atoms with Crippen LogP contribution in [0.5, 0.6) is 0 Å². The molecule has 5 rings (SSSR count). The molecule has 0 atom stereocenters. The van der Waals surface area contributed by atoms with Gasteiger partial charge in [-0.05, 0) is 50.2 Å². The third-order valence-corrected chi connectivity index (χ3v) is 5.35. The lowest BCUT2D eigenvalue weighted by Gasteiger charge is -2.22. The highest BCUT2D eigenvalue weighted by atomic mass is 35.5. The molecule has 1 aromatic carbocycles. The molecule has 3 aromatic heterocycles. The predicted molar refractivity (Wildman–Crippen MR) is 116 cm³/mol. The van der Waals surface area contributed by atoms with E-state index in [-0.39, 0.29) is 12.4 Å². The summed E-state index contributed by atoms with van der Waals surface area (Å²) in [5.74, 6) is 0.794. The van der Waals surface area contributed by atoms with Crippen LogP contribution in [0.1, 0.15) is 18.9 Å². The normalized spacial score (nSPS) is 14.8. The van der Waals surface area contributed by atoms with Crippen molar-refractivity contribution >= 4 is 40.9 Å². The number of nitrogens with one attached hydrogen (secondary N) is 1. The summed E-state index contributed by atoms with van der Waals surface area (Å²) in [6, 6.07) is 7.70. The van der Waals surface area contributed by atoms with Crippen LogP contribution in [0.3, 0.4) is 0 Å². The first-order chi connectivity index (χ1) is 13.7. The van der Waals surface area contributed by atoms with Gasteiger partial charge in [-0.25, -0.2) is 9.97 Å². The maximum atomic E-state index is 6.11. The molecule has 1 fully saturated rings. The minimum Gasteiger partial charge on any atom is -0.436 e. The number of pyridine rings is 1. The molecule has 9 heteroatoms. The molecule has 0 aliphatic carbocycles. The number of hydrogen-bond donors (Lipinski definition) is 2. The van der Waals surface area contributed by atoms with E-state index in [1.54, 1.807) is 24.4 Å². The molecule has 0 spiro atoms. The van der Waals surface area contributed by atoms with E-state index in [0.29, 0.717) is 39.4 Å². The average Bonchev–Trinajstić information content (AvgIpc) is 3.36. The monoisotopic (exact) mass is 430 g/mol. The Labute approximate surface area is 178 Å². The molecule has 7 nitrogen and oxygen atoms in total. The van der Waals surface area contributed by atoms with Crippen LogP contribution >= 0.6 is 24.0 Å². The number of aromatic nitrogens is 4. The number of halogens is 2. The average molecular weight is 431 g/mol. The highest BCUT2D eigenvalue weighted by Crippen LogP contribution is 2.32. The second kappa shape index (κ2) is 8.02. The van der Waals surface area contributed by atoms with Gasteiger partial charge in [0.2, 0.25) is 5.89 Å². The fourth-order valence-electron chi connectivity index (χ4n) is 3.58. The molecule has 1 aliphatic rings. The topological polar surface area (TPSA) is 94.8 Å². The molecule has 1 aliphatic heterocycles. The first-order valence-electron chi connectivity index (χ1n) is 9.24. The van der Waals surface area contributed by atoms with E-state index in [9.17, 15) is 0 Å². The highest BCUT2D eigenvalue weighted by molar-refractivity contribution is 6.31. The number of benzene rings is 1. The molecule has 0 unspecified atom stereocenters. The van der Waals surface area contributed by atoms with Crippen molar-refractivity contribution in [3.05, 3.63) is 47.9 Å². The van der Waals surface area contributed by atoms with E-state index < -0.39 is 0 Å². The number of nitrogens with zero attached hydrogens (tertiary/aromatic N) is 4. The van der Waals surface area contributed by atoms with Crippen molar-refractivity contribution in [2.75, 3.05) is 18.8 Å². The van der Waals surface area contributed by atoms with Gasteiger partial charge >= 0.3 is 0 Å². The smallest absolute Gasteiger partial charge is 0.231 e. The Morgan fingerprint density at radius 1 is 1.14 bits per heavy atom. The lowest BCUT2D eigenvalue weighted by atomic mass is 10.1. The van der Waals surface area contributed by atoms with Gasteiger partial charge in [0.15, 0.2) is 5.58 Å².